The third kappa shape index (κ3) is 62.1. The summed E-state index contributed by atoms with van der Waals surface area (Å²) in [4.78, 5) is 24.6. The van der Waals surface area contributed by atoms with Gasteiger partial charge in [0.25, 0.3) is 0 Å². The van der Waals surface area contributed by atoms with Crippen LogP contribution in [0, 0.1) is 0 Å². The molecule has 0 radical (unpaired) electrons. The average molecular weight is 1070 g/mol. The van der Waals surface area contributed by atoms with Gasteiger partial charge in [-0.15, -0.1) is 0 Å². The fourth-order valence-electron chi connectivity index (χ4n) is 11.5. The van der Waals surface area contributed by atoms with E-state index in [1.165, 1.54) is 340 Å². The summed E-state index contributed by atoms with van der Waals surface area (Å²) in [7, 11) is 0. The number of carbonyl (C=O) groups is 2. The molecule has 0 aliphatic rings. The minimum absolute atomic E-state index is 0.0198. The van der Waals surface area contributed by atoms with Gasteiger partial charge in [0.1, 0.15) is 0 Å². The summed E-state index contributed by atoms with van der Waals surface area (Å²) in [6.07, 6.45) is 80.0. The summed E-state index contributed by atoms with van der Waals surface area (Å²) in [5, 5.41) is 23.4. The van der Waals surface area contributed by atoms with Crippen molar-refractivity contribution in [3.63, 3.8) is 0 Å². The normalized spacial score (nSPS) is 12.4. The lowest BCUT2D eigenvalue weighted by Crippen LogP contribution is -2.45. The van der Waals surface area contributed by atoms with E-state index in [-0.39, 0.29) is 18.5 Å². The molecule has 0 aromatic rings. The van der Waals surface area contributed by atoms with Crippen LogP contribution >= 0.6 is 0 Å². The van der Waals surface area contributed by atoms with Gasteiger partial charge in [-0.25, -0.2) is 0 Å². The van der Waals surface area contributed by atoms with E-state index >= 15 is 0 Å². The predicted octanol–water partition coefficient (Wildman–Crippen LogP) is 22.6. The Bertz CT molecular complexity index is 1100. The Morgan fingerprint density at radius 3 is 0.803 bits per heavy atom. The largest absolute Gasteiger partial charge is 0.466 e. The summed E-state index contributed by atoms with van der Waals surface area (Å²) >= 11 is 0. The zero-order valence-electron chi connectivity index (χ0n) is 52.0. The van der Waals surface area contributed by atoms with Crippen LogP contribution in [0.1, 0.15) is 412 Å². The molecule has 0 saturated heterocycles. The number of aliphatic hydroxyl groups is 2. The molecule has 0 spiro atoms. The van der Waals surface area contributed by atoms with Crippen LogP contribution in [0.4, 0.5) is 0 Å². The van der Waals surface area contributed by atoms with Crippen molar-refractivity contribution in [3.05, 3.63) is 0 Å². The third-order valence-corrected chi connectivity index (χ3v) is 16.9. The molecule has 0 aliphatic carbocycles. The highest BCUT2D eigenvalue weighted by Gasteiger charge is 2.20. The quantitative estimate of drug-likeness (QED) is 0.0417. The number of carbonyl (C=O) groups excluding carboxylic acids is 2. The third-order valence-electron chi connectivity index (χ3n) is 16.9. The van der Waals surface area contributed by atoms with Gasteiger partial charge in [-0.3, -0.25) is 9.59 Å². The molecule has 0 rings (SSSR count). The number of aliphatic hydroxyl groups excluding tert-OH is 2. The van der Waals surface area contributed by atoms with Crippen LogP contribution in [0.25, 0.3) is 0 Å². The Morgan fingerprint density at radius 1 is 0.316 bits per heavy atom. The Balaban J connectivity index is 3.35. The minimum atomic E-state index is -0.663. The van der Waals surface area contributed by atoms with Crippen LogP contribution in [0.5, 0.6) is 0 Å². The van der Waals surface area contributed by atoms with E-state index in [1.54, 1.807) is 0 Å². The first-order valence-electron chi connectivity index (χ1n) is 35.3. The predicted molar refractivity (Wildman–Crippen MR) is 334 cm³/mol. The highest BCUT2D eigenvalue weighted by Crippen LogP contribution is 2.20. The van der Waals surface area contributed by atoms with Gasteiger partial charge < -0.3 is 20.3 Å². The van der Waals surface area contributed by atoms with Crippen molar-refractivity contribution < 1.29 is 24.5 Å². The van der Waals surface area contributed by atoms with Gasteiger partial charge in [-0.1, -0.05) is 373 Å². The molecule has 454 valence electrons. The first-order valence-corrected chi connectivity index (χ1v) is 35.3. The number of hydrogen-bond donors (Lipinski definition) is 3. The summed E-state index contributed by atoms with van der Waals surface area (Å²) < 4.78 is 5.50. The van der Waals surface area contributed by atoms with Crippen molar-refractivity contribution in [2.45, 2.75) is 424 Å². The first kappa shape index (κ1) is 74.9. The van der Waals surface area contributed by atoms with Crippen molar-refractivity contribution >= 4 is 11.9 Å². The van der Waals surface area contributed by atoms with Crippen LogP contribution in [0.3, 0.4) is 0 Å². The van der Waals surface area contributed by atoms with Gasteiger partial charge in [-0.05, 0) is 25.7 Å². The monoisotopic (exact) mass is 1070 g/mol. The molecule has 6 nitrogen and oxygen atoms in total. The highest BCUT2D eigenvalue weighted by molar-refractivity contribution is 5.76. The molecule has 0 heterocycles. The van der Waals surface area contributed by atoms with Crippen molar-refractivity contribution in [3.8, 4) is 0 Å². The van der Waals surface area contributed by atoms with Crippen molar-refractivity contribution in [1.29, 1.82) is 0 Å². The zero-order valence-corrected chi connectivity index (χ0v) is 52.0. The number of unbranched alkanes of at least 4 members (excludes halogenated alkanes) is 56. The molecule has 0 aliphatic heterocycles. The molecule has 0 bridgehead atoms. The maximum Gasteiger partial charge on any atom is 0.305 e. The van der Waals surface area contributed by atoms with Gasteiger partial charge in [-0.2, -0.15) is 0 Å². The summed E-state index contributed by atoms with van der Waals surface area (Å²) in [5.74, 6) is -0.00869. The van der Waals surface area contributed by atoms with E-state index in [0.29, 0.717) is 25.9 Å². The van der Waals surface area contributed by atoms with Crippen molar-refractivity contribution in [2.24, 2.45) is 0 Å². The van der Waals surface area contributed by atoms with E-state index in [2.05, 4.69) is 19.2 Å². The maximum atomic E-state index is 12.5. The van der Waals surface area contributed by atoms with Crippen molar-refractivity contribution in [1.82, 2.24) is 5.32 Å². The average Bonchev–Trinajstić information content (AvgIpc) is 3.42. The lowest BCUT2D eigenvalue weighted by molar-refractivity contribution is -0.143. The fraction of sp³-hybridized carbons (Fsp3) is 0.971. The number of ether oxygens (including phenoxy) is 1. The molecule has 0 aromatic carbocycles. The van der Waals surface area contributed by atoms with Crippen molar-refractivity contribution in [2.75, 3.05) is 13.2 Å². The van der Waals surface area contributed by atoms with E-state index in [1.807, 2.05) is 0 Å². The Labute approximate surface area is 476 Å². The Kier molecular flexibility index (Phi) is 65.4. The SMILES string of the molecule is CCCCCCCCCCCCCCCCCCCCCCC(O)C(CO)NC(=O)CCCCCCCCCCCCCCCCCCCCCCCCCCOC(=O)CCCCCCCCCCCCCCCCC. The maximum absolute atomic E-state index is 12.5. The molecule has 0 saturated carbocycles. The van der Waals surface area contributed by atoms with Gasteiger partial charge in [0.15, 0.2) is 0 Å². The summed E-state index contributed by atoms with van der Waals surface area (Å²) in [6.45, 7) is 5.01. The molecule has 3 N–H and O–H groups in total. The van der Waals surface area contributed by atoms with Gasteiger partial charge in [0.2, 0.25) is 5.91 Å². The number of amides is 1. The summed E-state index contributed by atoms with van der Waals surface area (Å²) in [6, 6.07) is -0.540. The fourth-order valence-corrected chi connectivity index (χ4v) is 11.5. The molecular weight excluding hydrogens is 935 g/mol. The molecule has 0 aromatic heterocycles. The van der Waals surface area contributed by atoms with E-state index in [9.17, 15) is 19.8 Å². The second-order valence-electron chi connectivity index (χ2n) is 24.6. The standard InChI is InChI=1S/C70H139NO5/c1-3-5-7-9-11-13-15-17-19-20-21-28-31-35-38-42-46-50-54-58-62-68(73)67(66-72)71-69(74)63-59-55-51-47-43-39-36-32-29-26-24-22-23-25-27-30-33-37-41-45-49-53-57-61-65-76-70(75)64-60-56-52-48-44-40-34-18-16-14-12-10-8-6-4-2/h67-68,72-73H,3-66H2,1-2H3,(H,71,74). The lowest BCUT2D eigenvalue weighted by atomic mass is 10.0. The van der Waals surface area contributed by atoms with E-state index in [4.69, 9.17) is 4.74 Å². The van der Waals surface area contributed by atoms with Crippen LogP contribution < -0.4 is 5.32 Å². The molecule has 2 unspecified atom stereocenters. The van der Waals surface area contributed by atoms with Gasteiger partial charge >= 0.3 is 5.97 Å². The van der Waals surface area contributed by atoms with E-state index in [0.717, 1.165) is 38.5 Å². The number of esters is 1. The molecule has 6 heteroatoms. The second-order valence-corrected chi connectivity index (χ2v) is 24.6. The van der Waals surface area contributed by atoms with Crippen LogP contribution in [0.2, 0.25) is 0 Å². The molecular formula is C70H139NO5. The Morgan fingerprint density at radius 2 is 0.539 bits per heavy atom. The molecule has 1 amide bonds. The topological polar surface area (TPSA) is 95.9 Å². The Hall–Kier alpha value is -1.14. The number of rotatable bonds is 67. The van der Waals surface area contributed by atoms with Crippen LogP contribution in [-0.2, 0) is 14.3 Å². The zero-order chi connectivity index (χ0) is 55.0. The number of hydrogen-bond acceptors (Lipinski definition) is 5. The minimum Gasteiger partial charge on any atom is -0.466 e. The van der Waals surface area contributed by atoms with Crippen LogP contribution in [0.15, 0.2) is 0 Å². The second kappa shape index (κ2) is 66.4. The molecule has 76 heavy (non-hydrogen) atoms. The number of nitrogens with one attached hydrogen (secondary N) is 1. The lowest BCUT2D eigenvalue weighted by Gasteiger charge is -2.22. The van der Waals surface area contributed by atoms with Gasteiger partial charge in [0.05, 0.1) is 25.4 Å². The van der Waals surface area contributed by atoms with E-state index < -0.39 is 12.1 Å². The highest BCUT2D eigenvalue weighted by atomic mass is 16.5. The van der Waals surface area contributed by atoms with Gasteiger partial charge in [0, 0.05) is 12.8 Å². The summed E-state index contributed by atoms with van der Waals surface area (Å²) in [5.41, 5.74) is 0. The molecule has 0 fully saturated rings. The molecule has 2 atom stereocenters. The smallest absolute Gasteiger partial charge is 0.305 e. The first-order chi connectivity index (χ1) is 37.5. The van der Waals surface area contributed by atoms with Crippen LogP contribution in [-0.4, -0.2) is 47.4 Å².